The molecule has 1 aromatic heterocycles. The van der Waals surface area contributed by atoms with E-state index in [-0.39, 0.29) is 18.4 Å². The van der Waals surface area contributed by atoms with Crippen LogP contribution in [0.25, 0.3) is 0 Å². The lowest BCUT2D eigenvalue weighted by molar-refractivity contribution is 0.0980. The molecule has 0 atom stereocenters. The van der Waals surface area contributed by atoms with Gasteiger partial charge in [-0.15, -0.1) is 6.58 Å². The van der Waals surface area contributed by atoms with Crippen molar-refractivity contribution in [2.75, 3.05) is 13.1 Å². The van der Waals surface area contributed by atoms with Gasteiger partial charge in [-0.3, -0.25) is 9.48 Å². The molecule has 0 bridgehead atoms. The first-order valence-electron chi connectivity index (χ1n) is 5.15. The van der Waals surface area contributed by atoms with Gasteiger partial charge in [0.05, 0.1) is 17.8 Å². The fourth-order valence-electron chi connectivity index (χ4n) is 1.37. The van der Waals surface area contributed by atoms with E-state index in [0.29, 0.717) is 17.3 Å². The van der Waals surface area contributed by atoms with Crippen molar-refractivity contribution in [3.05, 3.63) is 29.6 Å². The van der Waals surface area contributed by atoms with E-state index in [2.05, 4.69) is 17.0 Å². The van der Waals surface area contributed by atoms with Crippen LogP contribution in [0.5, 0.6) is 0 Å². The van der Waals surface area contributed by atoms with Crippen molar-refractivity contribution >= 4 is 17.4 Å². The number of carbonyl (C=O) groups is 1. The molecular weight excluding hydrogens is 226 g/mol. The summed E-state index contributed by atoms with van der Waals surface area (Å²) in [6.45, 7) is 8.31. The standard InChI is InChI=1S/C11H16ClN3O/c1-4-5-13-7-10(16)11-9(12)6-14-15(11)8(2)3/h4,6,8,13H,1,5,7H2,2-3H3. The van der Waals surface area contributed by atoms with Crippen LogP contribution in [0.4, 0.5) is 0 Å². The number of aromatic nitrogens is 2. The van der Waals surface area contributed by atoms with Crippen molar-refractivity contribution in [1.29, 1.82) is 0 Å². The summed E-state index contributed by atoms with van der Waals surface area (Å²) >= 11 is 5.94. The minimum atomic E-state index is -0.0574. The molecule has 4 nitrogen and oxygen atoms in total. The van der Waals surface area contributed by atoms with Gasteiger partial charge < -0.3 is 5.32 Å². The van der Waals surface area contributed by atoms with Crippen molar-refractivity contribution in [2.24, 2.45) is 0 Å². The molecule has 0 saturated heterocycles. The molecule has 5 heteroatoms. The number of nitrogens with one attached hydrogen (secondary N) is 1. The topological polar surface area (TPSA) is 46.9 Å². The number of nitrogens with zero attached hydrogens (tertiary/aromatic N) is 2. The van der Waals surface area contributed by atoms with Gasteiger partial charge in [-0.1, -0.05) is 17.7 Å². The Balaban J connectivity index is 2.81. The Morgan fingerprint density at radius 2 is 2.44 bits per heavy atom. The van der Waals surface area contributed by atoms with Crippen molar-refractivity contribution in [3.63, 3.8) is 0 Å². The molecular formula is C11H16ClN3O. The molecule has 0 saturated carbocycles. The molecule has 0 unspecified atom stereocenters. The first kappa shape index (κ1) is 12.9. The van der Waals surface area contributed by atoms with Crippen LogP contribution in [0.1, 0.15) is 30.4 Å². The van der Waals surface area contributed by atoms with E-state index in [1.165, 1.54) is 6.20 Å². The Kier molecular flexibility index (Phi) is 4.71. The number of carbonyl (C=O) groups excluding carboxylic acids is 1. The molecule has 16 heavy (non-hydrogen) atoms. The van der Waals surface area contributed by atoms with E-state index in [4.69, 9.17) is 11.6 Å². The Morgan fingerprint density at radius 1 is 1.75 bits per heavy atom. The second-order valence-electron chi connectivity index (χ2n) is 3.72. The van der Waals surface area contributed by atoms with Gasteiger partial charge in [0.1, 0.15) is 5.69 Å². The highest BCUT2D eigenvalue weighted by Crippen LogP contribution is 2.19. The van der Waals surface area contributed by atoms with Crippen LogP contribution in [-0.4, -0.2) is 28.7 Å². The molecule has 0 amide bonds. The normalized spacial score (nSPS) is 10.8. The third-order valence-electron chi connectivity index (χ3n) is 2.08. The van der Waals surface area contributed by atoms with Gasteiger partial charge in [0.25, 0.3) is 0 Å². The van der Waals surface area contributed by atoms with E-state index in [1.54, 1.807) is 10.8 Å². The van der Waals surface area contributed by atoms with E-state index in [0.717, 1.165) is 0 Å². The average molecular weight is 242 g/mol. The summed E-state index contributed by atoms with van der Waals surface area (Å²) in [6.07, 6.45) is 3.21. The zero-order chi connectivity index (χ0) is 12.1. The highest BCUT2D eigenvalue weighted by Gasteiger charge is 2.18. The quantitative estimate of drug-likeness (QED) is 0.471. The van der Waals surface area contributed by atoms with Crippen LogP contribution in [-0.2, 0) is 0 Å². The minimum Gasteiger partial charge on any atom is -0.306 e. The summed E-state index contributed by atoms with van der Waals surface area (Å²) in [6, 6.07) is 0.117. The lowest BCUT2D eigenvalue weighted by atomic mass is 10.2. The number of halogens is 1. The van der Waals surface area contributed by atoms with Gasteiger partial charge in [0, 0.05) is 12.6 Å². The highest BCUT2D eigenvalue weighted by molar-refractivity contribution is 6.33. The highest BCUT2D eigenvalue weighted by atomic mass is 35.5. The Bertz CT molecular complexity index is 385. The van der Waals surface area contributed by atoms with E-state index >= 15 is 0 Å². The van der Waals surface area contributed by atoms with Gasteiger partial charge in [-0.2, -0.15) is 5.10 Å². The van der Waals surface area contributed by atoms with Gasteiger partial charge >= 0.3 is 0 Å². The second kappa shape index (κ2) is 5.82. The fraction of sp³-hybridized carbons (Fsp3) is 0.455. The summed E-state index contributed by atoms with van der Waals surface area (Å²) in [5.74, 6) is -0.0574. The predicted molar refractivity (Wildman–Crippen MR) is 65.0 cm³/mol. The first-order chi connectivity index (χ1) is 7.57. The summed E-state index contributed by atoms with van der Waals surface area (Å²) in [4.78, 5) is 11.9. The summed E-state index contributed by atoms with van der Waals surface area (Å²) in [5.41, 5.74) is 0.466. The molecule has 1 aromatic rings. The molecule has 0 radical (unpaired) electrons. The Labute approximate surface area is 100 Å². The number of hydrogen-bond acceptors (Lipinski definition) is 3. The van der Waals surface area contributed by atoms with Crippen molar-refractivity contribution in [1.82, 2.24) is 15.1 Å². The molecule has 0 aliphatic rings. The monoisotopic (exact) mass is 241 g/mol. The first-order valence-corrected chi connectivity index (χ1v) is 5.53. The van der Waals surface area contributed by atoms with Gasteiger partial charge in [-0.25, -0.2) is 0 Å². The van der Waals surface area contributed by atoms with Gasteiger partial charge in [-0.05, 0) is 13.8 Å². The number of ketones is 1. The smallest absolute Gasteiger partial charge is 0.196 e. The lowest BCUT2D eigenvalue weighted by Crippen LogP contribution is -2.25. The zero-order valence-electron chi connectivity index (χ0n) is 9.53. The van der Waals surface area contributed by atoms with Gasteiger partial charge in [0.15, 0.2) is 5.78 Å². The molecule has 0 aliphatic heterocycles. The third-order valence-corrected chi connectivity index (χ3v) is 2.35. The van der Waals surface area contributed by atoms with E-state index in [1.807, 2.05) is 13.8 Å². The number of hydrogen-bond donors (Lipinski definition) is 1. The average Bonchev–Trinajstić information content (AvgIpc) is 2.60. The van der Waals surface area contributed by atoms with Crippen LogP contribution in [0.2, 0.25) is 5.02 Å². The van der Waals surface area contributed by atoms with Crippen LogP contribution in [0.15, 0.2) is 18.9 Å². The van der Waals surface area contributed by atoms with E-state index in [9.17, 15) is 4.79 Å². The zero-order valence-corrected chi connectivity index (χ0v) is 10.3. The van der Waals surface area contributed by atoms with Crippen LogP contribution >= 0.6 is 11.6 Å². The molecule has 1 N–H and O–H groups in total. The summed E-state index contributed by atoms with van der Waals surface area (Å²) in [5, 5.41) is 7.43. The third kappa shape index (κ3) is 2.93. The second-order valence-corrected chi connectivity index (χ2v) is 4.13. The molecule has 1 heterocycles. The van der Waals surface area contributed by atoms with Crippen molar-refractivity contribution < 1.29 is 4.79 Å². The molecule has 88 valence electrons. The summed E-state index contributed by atoms with van der Waals surface area (Å²) in [7, 11) is 0. The van der Waals surface area contributed by atoms with E-state index < -0.39 is 0 Å². The number of Topliss-reactive ketones (excluding diaryl/α,β-unsaturated/α-hetero) is 1. The molecule has 1 rings (SSSR count). The molecule has 0 spiro atoms. The largest absolute Gasteiger partial charge is 0.306 e. The maximum Gasteiger partial charge on any atom is 0.196 e. The predicted octanol–water partition coefficient (Wildman–Crippen LogP) is 2.08. The maximum atomic E-state index is 11.9. The Morgan fingerprint density at radius 3 is 3.00 bits per heavy atom. The molecule has 0 aromatic carbocycles. The fourth-order valence-corrected chi connectivity index (χ4v) is 1.60. The molecule has 0 fully saturated rings. The van der Waals surface area contributed by atoms with Crippen molar-refractivity contribution in [2.45, 2.75) is 19.9 Å². The maximum absolute atomic E-state index is 11.9. The minimum absolute atomic E-state index is 0.0574. The van der Waals surface area contributed by atoms with Gasteiger partial charge in [0.2, 0.25) is 0 Å². The van der Waals surface area contributed by atoms with Crippen molar-refractivity contribution in [3.8, 4) is 0 Å². The van der Waals surface area contributed by atoms with Crippen LogP contribution in [0.3, 0.4) is 0 Å². The molecule has 0 aliphatic carbocycles. The lowest BCUT2D eigenvalue weighted by Gasteiger charge is -2.10. The summed E-state index contributed by atoms with van der Waals surface area (Å²) < 4.78 is 1.64. The number of rotatable bonds is 6. The SMILES string of the molecule is C=CCNCC(=O)c1c(Cl)cnn1C(C)C. The Hall–Kier alpha value is -1.13. The van der Waals surface area contributed by atoms with Crippen LogP contribution < -0.4 is 5.32 Å². The van der Waals surface area contributed by atoms with Crippen LogP contribution in [0, 0.1) is 0 Å².